The lowest BCUT2D eigenvalue weighted by atomic mass is 10.4. The van der Waals surface area contributed by atoms with Crippen LogP contribution in [-0.4, -0.2) is 45.1 Å². The second-order valence-corrected chi connectivity index (χ2v) is 4.57. The zero-order valence-electron chi connectivity index (χ0n) is 6.66. The predicted molar refractivity (Wildman–Crippen MR) is 45.5 cm³/mol. The van der Waals surface area contributed by atoms with Gasteiger partial charge in [0.15, 0.2) is 0 Å². The van der Waals surface area contributed by atoms with Gasteiger partial charge in [0, 0.05) is 13.7 Å². The van der Waals surface area contributed by atoms with Crippen molar-refractivity contribution in [3.05, 3.63) is 0 Å². The first-order valence-electron chi connectivity index (χ1n) is 3.22. The summed E-state index contributed by atoms with van der Waals surface area (Å²) in [5.41, 5.74) is 0. The summed E-state index contributed by atoms with van der Waals surface area (Å²) >= 11 is 5.09. The molecule has 0 aromatic heterocycles. The number of ether oxygens (including phenoxy) is 1. The van der Waals surface area contributed by atoms with Crippen molar-refractivity contribution in [1.29, 1.82) is 0 Å². The Morgan fingerprint density at radius 1 is 1.67 bits per heavy atom. The smallest absolute Gasteiger partial charge is 0.225 e. The van der Waals surface area contributed by atoms with Gasteiger partial charge in [-0.2, -0.15) is 0 Å². The summed E-state index contributed by atoms with van der Waals surface area (Å²) in [6.07, 6.45) is -0.840. The van der Waals surface area contributed by atoms with Crippen LogP contribution in [0.2, 0.25) is 0 Å². The molecule has 12 heavy (non-hydrogen) atoms. The standard InChI is InChI=1S/C5H12ClNO4S/c1-11-3-5(8)2-7-12(9,10)4-6/h5,7-8H,2-4H2,1H3. The van der Waals surface area contributed by atoms with Gasteiger partial charge in [0.2, 0.25) is 10.0 Å². The Morgan fingerprint density at radius 3 is 2.67 bits per heavy atom. The number of aliphatic hydroxyl groups excluding tert-OH is 1. The summed E-state index contributed by atoms with van der Waals surface area (Å²) in [5.74, 6) is 0. The van der Waals surface area contributed by atoms with E-state index < -0.39 is 21.3 Å². The van der Waals surface area contributed by atoms with E-state index >= 15 is 0 Å². The number of alkyl halides is 1. The van der Waals surface area contributed by atoms with E-state index in [0.717, 1.165) is 0 Å². The number of hydrogen-bond acceptors (Lipinski definition) is 4. The lowest BCUT2D eigenvalue weighted by molar-refractivity contribution is 0.0679. The van der Waals surface area contributed by atoms with Crippen LogP contribution in [0.5, 0.6) is 0 Å². The highest BCUT2D eigenvalue weighted by Crippen LogP contribution is 1.89. The third-order valence-corrected chi connectivity index (χ3v) is 2.80. The SMILES string of the molecule is COCC(O)CNS(=O)(=O)CCl. The van der Waals surface area contributed by atoms with Crippen LogP contribution >= 0.6 is 11.6 Å². The van der Waals surface area contributed by atoms with Crippen molar-refractivity contribution in [2.75, 3.05) is 25.5 Å². The molecule has 1 atom stereocenters. The van der Waals surface area contributed by atoms with E-state index in [0.29, 0.717) is 0 Å². The van der Waals surface area contributed by atoms with E-state index in [1.165, 1.54) is 7.11 Å². The van der Waals surface area contributed by atoms with Crippen molar-refractivity contribution in [2.24, 2.45) is 0 Å². The average molecular weight is 218 g/mol. The minimum atomic E-state index is -3.43. The summed E-state index contributed by atoms with van der Waals surface area (Å²) in [6, 6.07) is 0. The molecule has 7 heteroatoms. The molecule has 0 aliphatic carbocycles. The highest BCUT2D eigenvalue weighted by Gasteiger charge is 2.10. The van der Waals surface area contributed by atoms with Gasteiger partial charge in [0.05, 0.1) is 12.7 Å². The van der Waals surface area contributed by atoms with Crippen LogP contribution in [0, 0.1) is 0 Å². The van der Waals surface area contributed by atoms with Crippen molar-refractivity contribution in [1.82, 2.24) is 4.72 Å². The van der Waals surface area contributed by atoms with Crippen LogP contribution in [0.4, 0.5) is 0 Å². The second-order valence-electron chi connectivity index (χ2n) is 2.18. The van der Waals surface area contributed by atoms with Gasteiger partial charge < -0.3 is 9.84 Å². The average Bonchev–Trinajstić information content (AvgIpc) is 2.02. The number of methoxy groups -OCH3 is 1. The van der Waals surface area contributed by atoms with E-state index in [-0.39, 0.29) is 13.2 Å². The van der Waals surface area contributed by atoms with Crippen molar-refractivity contribution >= 4 is 21.6 Å². The minimum absolute atomic E-state index is 0.0805. The van der Waals surface area contributed by atoms with Gasteiger partial charge in [-0.1, -0.05) is 0 Å². The topological polar surface area (TPSA) is 75.6 Å². The molecular formula is C5H12ClNO4S. The maximum atomic E-state index is 10.7. The Kier molecular flexibility index (Phi) is 5.77. The fourth-order valence-corrected chi connectivity index (χ4v) is 1.27. The highest BCUT2D eigenvalue weighted by atomic mass is 35.5. The molecule has 0 heterocycles. The Balaban J connectivity index is 3.68. The van der Waals surface area contributed by atoms with Crippen LogP contribution in [0.25, 0.3) is 0 Å². The Morgan fingerprint density at radius 2 is 2.25 bits per heavy atom. The van der Waals surface area contributed by atoms with Crippen LogP contribution in [0.1, 0.15) is 0 Å². The van der Waals surface area contributed by atoms with Gasteiger partial charge in [-0.3, -0.25) is 0 Å². The number of rotatable bonds is 6. The molecule has 0 saturated carbocycles. The first-order valence-corrected chi connectivity index (χ1v) is 5.41. The number of halogens is 1. The monoisotopic (exact) mass is 217 g/mol. The Hall–Kier alpha value is 0.120. The molecule has 1 unspecified atom stereocenters. The zero-order valence-corrected chi connectivity index (χ0v) is 8.23. The number of hydrogen-bond donors (Lipinski definition) is 2. The maximum absolute atomic E-state index is 10.7. The summed E-state index contributed by atoms with van der Waals surface area (Å²) in [6.45, 7) is 0.00764. The van der Waals surface area contributed by atoms with Crippen LogP contribution in [-0.2, 0) is 14.8 Å². The van der Waals surface area contributed by atoms with Crippen molar-refractivity contribution < 1.29 is 18.3 Å². The van der Waals surface area contributed by atoms with Crippen molar-refractivity contribution in [3.8, 4) is 0 Å². The molecular weight excluding hydrogens is 206 g/mol. The summed E-state index contributed by atoms with van der Waals surface area (Å²) in [7, 11) is -2.02. The molecule has 74 valence electrons. The molecule has 0 fully saturated rings. The molecule has 0 spiro atoms. The van der Waals surface area contributed by atoms with Gasteiger partial charge in [0.25, 0.3) is 0 Å². The van der Waals surface area contributed by atoms with E-state index in [1.54, 1.807) is 0 Å². The molecule has 5 nitrogen and oxygen atoms in total. The predicted octanol–water partition coefficient (Wildman–Crippen LogP) is -0.891. The van der Waals surface area contributed by atoms with Crippen LogP contribution in [0.15, 0.2) is 0 Å². The Labute approximate surface area is 76.7 Å². The normalized spacial score (nSPS) is 14.6. The van der Waals surface area contributed by atoms with E-state index in [1.807, 2.05) is 0 Å². The molecule has 2 N–H and O–H groups in total. The third kappa shape index (κ3) is 5.73. The molecule has 0 aromatic rings. The lowest BCUT2D eigenvalue weighted by Gasteiger charge is -2.09. The second kappa shape index (κ2) is 5.71. The van der Waals surface area contributed by atoms with Gasteiger partial charge >= 0.3 is 0 Å². The molecule has 0 aliphatic heterocycles. The fourth-order valence-electron chi connectivity index (χ4n) is 0.513. The number of nitrogens with one attached hydrogen (secondary N) is 1. The summed E-state index contributed by atoms with van der Waals surface area (Å²) in [5, 5.41) is 8.51. The number of sulfonamides is 1. The largest absolute Gasteiger partial charge is 0.389 e. The first kappa shape index (κ1) is 12.1. The third-order valence-electron chi connectivity index (χ3n) is 1.04. The van der Waals surface area contributed by atoms with Gasteiger partial charge in [-0.25, -0.2) is 13.1 Å². The lowest BCUT2D eigenvalue weighted by Crippen LogP contribution is -2.34. The van der Waals surface area contributed by atoms with Crippen molar-refractivity contribution in [2.45, 2.75) is 6.10 Å². The molecule has 0 aliphatic rings. The maximum Gasteiger partial charge on any atom is 0.225 e. The number of aliphatic hydroxyl groups is 1. The highest BCUT2D eigenvalue weighted by molar-refractivity contribution is 7.90. The van der Waals surface area contributed by atoms with Crippen LogP contribution in [0.3, 0.4) is 0 Å². The van der Waals surface area contributed by atoms with E-state index in [4.69, 9.17) is 16.7 Å². The fraction of sp³-hybridized carbons (Fsp3) is 1.00. The zero-order chi connectivity index (χ0) is 9.61. The minimum Gasteiger partial charge on any atom is -0.389 e. The molecule has 0 aromatic carbocycles. The van der Waals surface area contributed by atoms with E-state index in [9.17, 15) is 8.42 Å². The van der Waals surface area contributed by atoms with Gasteiger partial charge in [0.1, 0.15) is 5.21 Å². The van der Waals surface area contributed by atoms with E-state index in [2.05, 4.69) is 9.46 Å². The Bertz CT molecular complexity index is 205. The van der Waals surface area contributed by atoms with Gasteiger partial charge in [-0.05, 0) is 0 Å². The molecule has 0 radical (unpaired) electrons. The summed E-state index contributed by atoms with van der Waals surface area (Å²) in [4.78, 5) is 0. The van der Waals surface area contributed by atoms with Crippen LogP contribution < -0.4 is 4.72 Å². The summed E-state index contributed by atoms with van der Waals surface area (Å²) < 4.78 is 28.1. The van der Waals surface area contributed by atoms with Gasteiger partial charge in [-0.15, -0.1) is 11.6 Å². The molecule has 0 amide bonds. The molecule has 0 rings (SSSR count). The quantitative estimate of drug-likeness (QED) is 0.566. The van der Waals surface area contributed by atoms with Crippen molar-refractivity contribution in [3.63, 3.8) is 0 Å². The molecule has 0 bridgehead atoms. The first-order chi connectivity index (χ1) is 5.52. The molecule has 0 saturated heterocycles.